The summed E-state index contributed by atoms with van der Waals surface area (Å²) in [4.78, 5) is 24.2. The number of rotatable bonds is 1. The third kappa shape index (κ3) is 1.18. The maximum atomic E-state index is 11.6. The highest BCUT2D eigenvalue weighted by molar-refractivity contribution is 5.92. The first-order valence-corrected chi connectivity index (χ1v) is 4.93. The highest BCUT2D eigenvalue weighted by Gasteiger charge is 2.47. The highest BCUT2D eigenvalue weighted by atomic mass is 16.2. The molecule has 1 aromatic carbocycles. The minimum Gasteiger partial charge on any atom is -0.367 e. The largest absolute Gasteiger partial charge is 0.367 e. The summed E-state index contributed by atoms with van der Waals surface area (Å²) in [6.45, 7) is 1.94. The molecular formula is C11H13N3O2. The lowest BCUT2D eigenvalue weighted by atomic mass is 9.91. The van der Waals surface area contributed by atoms with Crippen molar-refractivity contribution in [3.63, 3.8) is 0 Å². The van der Waals surface area contributed by atoms with E-state index in [2.05, 4.69) is 0 Å². The molecule has 0 fully saturated rings. The van der Waals surface area contributed by atoms with Crippen LogP contribution in [0.15, 0.2) is 24.3 Å². The van der Waals surface area contributed by atoms with Gasteiger partial charge in [-0.25, -0.2) is 4.79 Å². The molecule has 5 nitrogen and oxygen atoms in total. The molecule has 16 heavy (non-hydrogen) atoms. The summed E-state index contributed by atoms with van der Waals surface area (Å²) in [5.74, 6) is -0.573. The fraction of sp³-hybridized carbons (Fsp3) is 0.273. The van der Waals surface area contributed by atoms with Gasteiger partial charge in [0.05, 0.1) is 0 Å². The van der Waals surface area contributed by atoms with Crippen LogP contribution in [0.2, 0.25) is 0 Å². The van der Waals surface area contributed by atoms with E-state index in [9.17, 15) is 9.59 Å². The number of nitrogens with zero attached hydrogens (tertiary/aromatic N) is 1. The van der Waals surface area contributed by atoms with E-state index in [0.29, 0.717) is 6.54 Å². The molecule has 1 heterocycles. The molecule has 84 valence electrons. The topological polar surface area (TPSA) is 89.4 Å². The number of amides is 3. The number of fused-ring (bicyclic) bond motifs is 1. The lowest BCUT2D eigenvalue weighted by Gasteiger charge is -2.31. The van der Waals surface area contributed by atoms with Crippen LogP contribution in [0.4, 0.5) is 4.79 Å². The molecule has 1 aliphatic rings. The van der Waals surface area contributed by atoms with Crippen molar-refractivity contribution in [2.24, 2.45) is 11.5 Å². The molecule has 0 aromatic heterocycles. The molecule has 2 rings (SSSR count). The Kier molecular flexibility index (Phi) is 2.11. The van der Waals surface area contributed by atoms with Gasteiger partial charge >= 0.3 is 6.03 Å². The molecule has 4 N–H and O–H groups in total. The van der Waals surface area contributed by atoms with Crippen LogP contribution in [-0.2, 0) is 16.9 Å². The zero-order valence-corrected chi connectivity index (χ0v) is 8.93. The summed E-state index contributed by atoms with van der Waals surface area (Å²) in [6, 6.07) is 6.68. The minimum absolute atomic E-state index is 0.324. The summed E-state index contributed by atoms with van der Waals surface area (Å²) in [5, 5.41) is 0. The van der Waals surface area contributed by atoms with Crippen LogP contribution in [0.1, 0.15) is 18.1 Å². The Morgan fingerprint density at radius 2 is 1.94 bits per heavy atom. The maximum Gasteiger partial charge on any atom is 0.316 e. The number of carbonyl (C=O) groups excluding carboxylic acids is 2. The molecular weight excluding hydrogens is 206 g/mol. The second-order valence-corrected chi connectivity index (χ2v) is 4.02. The highest BCUT2D eigenvalue weighted by Crippen LogP contribution is 2.38. The molecule has 0 spiro atoms. The van der Waals surface area contributed by atoms with E-state index in [0.717, 1.165) is 11.1 Å². The predicted octanol–water partition coefficient (Wildman–Crippen LogP) is 0.281. The Labute approximate surface area is 93.0 Å². The predicted molar refractivity (Wildman–Crippen MR) is 58.1 cm³/mol. The van der Waals surface area contributed by atoms with Gasteiger partial charge in [0.1, 0.15) is 5.54 Å². The fourth-order valence-corrected chi connectivity index (χ4v) is 2.17. The number of urea groups is 1. The molecule has 0 saturated carbocycles. The van der Waals surface area contributed by atoms with E-state index < -0.39 is 17.5 Å². The molecule has 1 atom stereocenters. The number of hydrogen-bond acceptors (Lipinski definition) is 2. The summed E-state index contributed by atoms with van der Waals surface area (Å²) in [7, 11) is 0. The van der Waals surface area contributed by atoms with E-state index in [1.807, 2.05) is 18.2 Å². The minimum atomic E-state index is -1.14. The monoisotopic (exact) mass is 219 g/mol. The zero-order valence-electron chi connectivity index (χ0n) is 8.93. The van der Waals surface area contributed by atoms with E-state index >= 15 is 0 Å². The van der Waals surface area contributed by atoms with E-state index in [1.54, 1.807) is 13.0 Å². The van der Waals surface area contributed by atoms with Crippen LogP contribution in [-0.4, -0.2) is 16.8 Å². The van der Waals surface area contributed by atoms with Gasteiger partial charge in [0.15, 0.2) is 0 Å². The van der Waals surface area contributed by atoms with Crippen molar-refractivity contribution in [1.29, 1.82) is 0 Å². The molecule has 0 aliphatic carbocycles. The van der Waals surface area contributed by atoms with Gasteiger partial charge in [0.25, 0.3) is 0 Å². The molecule has 1 unspecified atom stereocenters. The molecule has 5 heteroatoms. The van der Waals surface area contributed by atoms with Crippen molar-refractivity contribution in [3.8, 4) is 0 Å². The Hall–Kier alpha value is -2.04. The van der Waals surface area contributed by atoms with Gasteiger partial charge in [0.2, 0.25) is 5.91 Å². The molecule has 0 radical (unpaired) electrons. The van der Waals surface area contributed by atoms with Gasteiger partial charge in [-0.1, -0.05) is 24.3 Å². The maximum absolute atomic E-state index is 11.6. The average molecular weight is 219 g/mol. The lowest BCUT2D eigenvalue weighted by Crippen LogP contribution is -2.53. The Morgan fingerprint density at radius 3 is 2.50 bits per heavy atom. The smallest absolute Gasteiger partial charge is 0.316 e. The third-order valence-electron chi connectivity index (χ3n) is 3.16. The van der Waals surface area contributed by atoms with Gasteiger partial charge in [-0.15, -0.1) is 0 Å². The summed E-state index contributed by atoms with van der Waals surface area (Å²) < 4.78 is 0. The number of hydrogen-bond donors (Lipinski definition) is 2. The van der Waals surface area contributed by atoms with Crippen LogP contribution in [0.3, 0.4) is 0 Å². The summed E-state index contributed by atoms with van der Waals surface area (Å²) in [5.41, 5.74) is 11.2. The van der Waals surface area contributed by atoms with Gasteiger partial charge < -0.3 is 16.4 Å². The molecule has 1 aliphatic heterocycles. The van der Waals surface area contributed by atoms with Gasteiger partial charge in [-0.2, -0.15) is 0 Å². The first-order valence-electron chi connectivity index (χ1n) is 4.93. The van der Waals surface area contributed by atoms with Crippen LogP contribution in [0, 0.1) is 0 Å². The fourth-order valence-electron chi connectivity index (χ4n) is 2.17. The quantitative estimate of drug-likeness (QED) is 0.710. The standard InChI is InChI=1S/C11H13N3O2/c1-11(9(12)15)8-5-3-2-4-7(8)6-14(11)10(13)16/h2-5H,6H2,1H3,(H2,12,15)(H2,13,16). The van der Waals surface area contributed by atoms with Crippen molar-refractivity contribution in [3.05, 3.63) is 35.4 Å². The second-order valence-electron chi connectivity index (χ2n) is 4.02. The molecule has 0 bridgehead atoms. The van der Waals surface area contributed by atoms with E-state index in [1.165, 1.54) is 4.90 Å². The van der Waals surface area contributed by atoms with Gasteiger partial charge in [0, 0.05) is 6.54 Å². The normalized spacial score (nSPS) is 22.9. The number of benzene rings is 1. The van der Waals surface area contributed by atoms with Crippen molar-refractivity contribution in [2.45, 2.75) is 19.0 Å². The second kappa shape index (κ2) is 3.23. The van der Waals surface area contributed by atoms with Crippen LogP contribution >= 0.6 is 0 Å². The van der Waals surface area contributed by atoms with Crippen LogP contribution in [0.25, 0.3) is 0 Å². The number of primary amides is 2. The lowest BCUT2D eigenvalue weighted by molar-refractivity contribution is -0.127. The Morgan fingerprint density at radius 1 is 1.31 bits per heavy atom. The molecule has 3 amide bonds. The van der Waals surface area contributed by atoms with Crippen LogP contribution < -0.4 is 11.5 Å². The SMILES string of the molecule is CC1(C(N)=O)c2ccccc2CN1C(N)=O. The zero-order chi connectivity index (χ0) is 11.9. The first-order chi connectivity index (χ1) is 7.48. The third-order valence-corrected chi connectivity index (χ3v) is 3.16. The van der Waals surface area contributed by atoms with E-state index in [-0.39, 0.29) is 0 Å². The number of nitrogens with two attached hydrogens (primary N) is 2. The van der Waals surface area contributed by atoms with Gasteiger partial charge in [-0.05, 0) is 18.1 Å². The average Bonchev–Trinajstić information content (AvgIpc) is 2.54. The van der Waals surface area contributed by atoms with Crippen molar-refractivity contribution < 1.29 is 9.59 Å². The van der Waals surface area contributed by atoms with Crippen molar-refractivity contribution in [1.82, 2.24) is 4.90 Å². The molecule has 1 aromatic rings. The van der Waals surface area contributed by atoms with Crippen molar-refractivity contribution >= 4 is 11.9 Å². The van der Waals surface area contributed by atoms with Crippen LogP contribution in [0.5, 0.6) is 0 Å². The summed E-state index contributed by atoms with van der Waals surface area (Å²) in [6.07, 6.45) is 0. The Bertz CT molecular complexity index is 472. The van der Waals surface area contributed by atoms with Gasteiger partial charge in [-0.3, -0.25) is 4.79 Å². The Balaban J connectivity index is 2.61. The molecule has 0 saturated heterocycles. The van der Waals surface area contributed by atoms with E-state index in [4.69, 9.17) is 11.5 Å². The first kappa shape index (κ1) is 10.5. The summed E-state index contributed by atoms with van der Waals surface area (Å²) >= 11 is 0. The van der Waals surface area contributed by atoms with Crippen molar-refractivity contribution in [2.75, 3.05) is 0 Å². The number of carbonyl (C=O) groups is 2.